The third-order valence-corrected chi connectivity index (χ3v) is 4.21. The number of hydrogen-bond donors (Lipinski definition) is 2. The lowest BCUT2D eigenvalue weighted by Gasteiger charge is -2.08. The lowest BCUT2D eigenvalue weighted by molar-refractivity contribution is -0.118. The Hall–Kier alpha value is -3.93. The number of nitrogens with one attached hydrogen (secondary N) is 2. The van der Waals surface area contributed by atoms with E-state index in [4.69, 9.17) is 4.74 Å². The molecule has 3 aromatic carbocycles. The Morgan fingerprint density at radius 1 is 0.933 bits per heavy atom. The highest BCUT2D eigenvalue weighted by molar-refractivity contribution is 5.95. The average molecular weight is 401 g/mol. The highest BCUT2D eigenvalue weighted by Gasteiger charge is 2.05. The van der Waals surface area contributed by atoms with Gasteiger partial charge in [-0.15, -0.1) is 0 Å². The van der Waals surface area contributed by atoms with Gasteiger partial charge in [-0.1, -0.05) is 29.8 Å². The van der Waals surface area contributed by atoms with Gasteiger partial charge in [-0.05, 0) is 73.5 Å². The van der Waals surface area contributed by atoms with Gasteiger partial charge < -0.3 is 10.1 Å². The van der Waals surface area contributed by atoms with Crippen LogP contribution in [-0.2, 0) is 4.79 Å². The van der Waals surface area contributed by atoms with Crippen molar-refractivity contribution in [3.8, 4) is 5.75 Å². The van der Waals surface area contributed by atoms with Crippen molar-refractivity contribution in [3.05, 3.63) is 95.1 Å². The number of aryl methyl sites for hydroxylation is 2. The minimum absolute atomic E-state index is 0.0894. The Kier molecular flexibility index (Phi) is 6.95. The smallest absolute Gasteiger partial charge is 0.271 e. The van der Waals surface area contributed by atoms with Crippen LogP contribution in [0.25, 0.3) is 0 Å². The molecule has 0 aliphatic rings. The van der Waals surface area contributed by atoms with Crippen LogP contribution >= 0.6 is 0 Å². The normalized spacial score (nSPS) is 10.6. The summed E-state index contributed by atoms with van der Waals surface area (Å²) in [4.78, 5) is 24.1. The molecule has 0 fully saturated rings. The van der Waals surface area contributed by atoms with E-state index in [1.165, 1.54) is 0 Å². The maximum Gasteiger partial charge on any atom is 0.271 e. The minimum atomic E-state index is -0.269. The number of rotatable bonds is 7. The van der Waals surface area contributed by atoms with Crippen molar-refractivity contribution in [1.29, 1.82) is 0 Å². The molecule has 2 N–H and O–H groups in total. The number of carbonyl (C=O) groups excluding carboxylic acids is 2. The van der Waals surface area contributed by atoms with Crippen molar-refractivity contribution < 1.29 is 14.3 Å². The van der Waals surface area contributed by atoms with Gasteiger partial charge in [0.15, 0.2) is 6.61 Å². The molecule has 0 radical (unpaired) electrons. The number of anilines is 1. The maximum absolute atomic E-state index is 12.1. The Balaban J connectivity index is 1.47. The molecule has 0 aromatic heterocycles. The van der Waals surface area contributed by atoms with Crippen molar-refractivity contribution in [2.24, 2.45) is 5.10 Å². The number of hydrogen-bond acceptors (Lipinski definition) is 4. The third kappa shape index (κ3) is 6.31. The molecule has 3 aromatic rings. The zero-order valence-corrected chi connectivity index (χ0v) is 16.9. The van der Waals surface area contributed by atoms with Gasteiger partial charge in [0.2, 0.25) is 0 Å². The summed E-state index contributed by atoms with van der Waals surface area (Å²) in [6, 6.07) is 21.9. The molecule has 152 valence electrons. The van der Waals surface area contributed by atoms with E-state index < -0.39 is 0 Å². The van der Waals surface area contributed by atoms with Gasteiger partial charge in [0.1, 0.15) is 5.75 Å². The highest BCUT2D eigenvalue weighted by atomic mass is 16.5. The van der Waals surface area contributed by atoms with E-state index in [9.17, 15) is 9.59 Å². The van der Waals surface area contributed by atoms with Gasteiger partial charge in [-0.25, -0.2) is 5.43 Å². The van der Waals surface area contributed by atoms with Crippen LogP contribution in [0.2, 0.25) is 0 Å². The fourth-order valence-corrected chi connectivity index (χ4v) is 2.74. The summed E-state index contributed by atoms with van der Waals surface area (Å²) in [6.45, 7) is 3.80. The number of nitrogens with zero attached hydrogens (tertiary/aromatic N) is 1. The largest absolute Gasteiger partial charge is 0.484 e. The van der Waals surface area contributed by atoms with E-state index in [2.05, 4.69) is 15.8 Å². The molecule has 0 bridgehead atoms. The third-order valence-electron chi connectivity index (χ3n) is 4.21. The van der Waals surface area contributed by atoms with Crippen molar-refractivity contribution >= 4 is 23.7 Å². The molecule has 0 unspecified atom stereocenters. The summed E-state index contributed by atoms with van der Waals surface area (Å²) in [5.41, 5.74) is 6.66. The maximum atomic E-state index is 12.1. The van der Waals surface area contributed by atoms with Crippen LogP contribution in [0.3, 0.4) is 0 Å². The summed E-state index contributed by atoms with van der Waals surface area (Å²) in [5.74, 6) is 0.0648. The predicted octanol–water partition coefficient (Wildman–Crippen LogP) is 4.08. The van der Waals surface area contributed by atoms with Crippen LogP contribution in [-0.4, -0.2) is 24.6 Å². The lowest BCUT2D eigenvalue weighted by Crippen LogP contribution is -2.20. The first-order valence-corrected chi connectivity index (χ1v) is 9.49. The summed E-state index contributed by atoms with van der Waals surface area (Å²) in [6.07, 6.45) is 1.54. The Labute approximate surface area is 175 Å². The van der Waals surface area contributed by atoms with E-state index in [0.717, 1.165) is 22.4 Å². The summed E-state index contributed by atoms with van der Waals surface area (Å²) in [5, 5.41) is 6.77. The van der Waals surface area contributed by atoms with E-state index in [0.29, 0.717) is 11.3 Å². The summed E-state index contributed by atoms with van der Waals surface area (Å²) < 4.78 is 5.51. The van der Waals surface area contributed by atoms with Crippen LogP contribution in [0.15, 0.2) is 77.9 Å². The quantitative estimate of drug-likeness (QED) is 0.462. The zero-order valence-electron chi connectivity index (χ0n) is 16.9. The van der Waals surface area contributed by atoms with Gasteiger partial charge in [-0.2, -0.15) is 5.10 Å². The average Bonchev–Trinajstić information content (AvgIpc) is 2.73. The van der Waals surface area contributed by atoms with Crippen molar-refractivity contribution in [2.75, 3.05) is 11.9 Å². The number of benzene rings is 3. The second kappa shape index (κ2) is 10.0. The monoisotopic (exact) mass is 401 g/mol. The number of hydrazone groups is 1. The van der Waals surface area contributed by atoms with E-state index >= 15 is 0 Å². The molecule has 0 aliphatic heterocycles. The number of ether oxygens (including phenoxy) is 1. The summed E-state index contributed by atoms with van der Waals surface area (Å²) in [7, 11) is 0. The molecular formula is C24H23N3O3. The van der Waals surface area contributed by atoms with Crippen LogP contribution in [0.4, 0.5) is 5.69 Å². The van der Waals surface area contributed by atoms with Crippen LogP contribution < -0.4 is 15.5 Å². The standard InChI is InChI=1S/C24H23N3O3/c1-17-5-3-7-20(13-17)24(29)27-25-15-19-9-11-22(12-10-19)30-16-23(28)26-21-8-4-6-18(2)14-21/h3-15H,16H2,1-2H3,(H,26,28)(H,27,29)/b25-15-. The van der Waals surface area contributed by atoms with Gasteiger partial charge in [0.05, 0.1) is 6.21 Å². The molecule has 3 rings (SSSR count). The molecule has 0 saturated heterocycles. The minimum Gasteiger partial charge on any atom is -0.484 e. The molecule has 6 nitrogen and oxygen atoms in total. The predicted molar refractivity (Wildman–Crippen MR) is 118 cm³/mol. The van der Waals surface area contributed by atoms with Crippen molar-refractivity contribution in [2.45, 2.75) is 13.8 Å². The molecule has 0 heterocycles. The van der Waals surface area contributed by atoms with E-state index in [1.54, 1.807) is 42.6 Å². The highest BCUT2D eigenvalue weighted by Crippen LogP contribution is 2.12. The summed E-state index contributed by atoms with van der Waals surface area (Å²) >= 11 is 0. The molecule has 2 amide bonds. The second-order valence-electron chi connectivity index (χ2n) is 6.84. The van der Waals surface area contributed by atoms with E-state index in [-0.39, 0.29) is 18.4 Å². The SMILES string of the molecule is Cc1cccc(NC(=O)COc2ccc(/C=N\NC(=O)c3cccc(C)c3)cc2)c1. The van der Waals surface area contributed by atoms with Gasteiger partial charge in [-0.3, -0.25) is 9.59 Å². The van der Waals surface area contributed by atoms with Gasteiger partial charge in [0.25, 0.3) is 11.8 Å². The Bertz CT molecular complexity index is 1060. The Morgan fingerprint density at radius 2 is 1.63 bits per heavy atom. The van der Waals surface area contributed by atoms with Gasteiger partial charge in [0, 0.05) is 11.3 Å². The Morgan fingerprint density at radius 3 is 2.33 bits per heavy atom. The number of carbonyl (C=O) groups is 2. The zero-order chi connectivity index (χ0) is 21.3. The first-order valence-electron chi connectivity index (χ1n) is 9.49. The van der Waals surface area contributed by atoms with Crippen molar-refractivity contribution in [1.82, 2.24) is 5.43 Å². The molecule has 6 heteroatoms. The van der Waals surface area contributed by atoms with Crippen LogP contribution in [0.5, 0.6) is 5.75 Å². The molecule has 0 aliphatic carbocycles. The van der Waals surface area contributed by atoms with Crippen LogP contribution in [0, 0.1) is 13.8 Å². The molecule has 0 atom stereocenters. The molecule has 0 saturated carbocycles. The fraction of sp³-hybridized carbons (Fsp3) is 0.125. The molecular weight excluding hydrogens is 378 g/mol. The number of amides is 2. The first-order chi connectivity index (χ1) is 14.5. The molecule has 30 heavy (non-hydrogen) atoms. The second-order valence-corrected chi connectivity index (χ2v) is 6.84. The topological polar surface area (TPSA) is 79.8 Å². The fourth-order valence-electron chi connectivity index (χ4n) is 2.74. The lowest BCUT2D eigenvalue weighted by atomic mass is 10.1. The van der Waals surface area contributed by atoms with E-state index in [1.807, 2.05) is 50.2 Å². The van der Waals surface area contributed by atoms with Crippen molar-refractivity contribution in [3.63, 3.8) is 0 Å². The van der Waals surface area contributed by atoms with Crippen LogP contribution in [0.1, 0.15) is 27.0 Å². The molecule has 0 spiro atoms. The first kappa shape index (κ1) is 20.8. The van der Waals surface area contributed by atoms with Gasteiger partial charge >= 0.3 is 0 Å².